The summed E-state index contributed by atoms with van der Waals surface area (Å²) >= 11 is 0. The van der Waals surface area contributed by atoms with Crippen molar-refractivity contribution in [1.82, 2.24) is 0 Å². The molecule has 0 amide bonds. The molecule has 2 nitrogen and oxygen atoms in total. The summed E-state index contributed by atoms with van der Waals surface area (Å²) in [5.41, 5.74) is 0.637. The summed E-state index contributed by atoms with van der Waals surface area (Å²) in [6.45, 7) is 5.05. The topological polar surface area (TPSA) is 26.3 Å². The van der Waals surface area contributed by atoms with Gasteiger partial charge in [0.15, 0.2) is 0 Å². The largest absolute Gasteiger partial charge is 0.462 e. The lowest BCUT2D eigenvalue weighted by Crippen LogP contribution is -2.07. The molecule has 1 unspecified atom stereocenters. The number of benzene rings is 1. The molecule has 0 N–H and O–H groups in total. The fourth-order valence-corrected chi connectivity index (χ4v) is 2.14. The highest BCUT2D eigenvalue weighted by Gasteiger charge is 2.06. The third-order valence-corrected chi connectivity index (χ3v) is 3.38. The summed E-state index contributed by atoms with van der Waals surface area (Å²) in [5.74, 6) is 0.529. The standard InChI is InChI=1S/C17H26O2/c1-3-4-6-10-15(2)11-9-14-19-17(18)16-12-7-5-8-13-16/h5,7-8,12-13,15H,3-4,6,9-11,14H2,1-2H3. The molecule has 0 aliphatic heterocycles. The van der Waals surface area contributed by atoms with Crippen LogP contribution < -0.4 is 0 Å². The van der Waals surface area contributed by atoms with E-state index in [0.29, 0.717) is 12.2 Å². The van der Waals surface area contributed by atoms with Crippen LogP contribution in [0.3, 0.4) is 0 Å². The number of rotatable bonds is 9. The molecule has 0 spiro atoms. The van der Waals surface area contributed by atoms with Crippen molar-refractivity contribution < 1.29 is 9.53 Å². The first-order valence-electron chi connectivity index (χ1n) is 7.46. The van der Waals surface area contributed by atoms with Crippen LogP contribution in [-0.2, 0) is 4.74 Å². The normalized spacial score (nSPS) is 12.1. The van der Waals surface area contributed by atoms with Gasteiger partial charge < -0.3 is 4.74 Å². The summed E-state index contributed by atoms with van der Waals surface area (Å²) < 4.78 is 5.27. The number of esters is 1. The van der Waals surface area contributed by atoms with Crippen LogP contribution in [0.15, 0.2) is 30.3 Å². The Balaban J connectivity index is 2.09. The molecule has 1 atom stereocenters. The average molecular weight is 262 g/mol. The number of ether oxygens (including phenoxy) is 1. The molecule has 106 valence electrons. The van der Waals surface area contributed by atoms with Gasteiger partial charge >= 0.3 is 5.97 Å². The summed E-state index contributed by atoms with van der Waals surface area (Å²) in [7, 11) is 0. The first-order chi connectivity index (χ1) is 9.24. The Morgan fingerprint density at radius 1 is 1.11 bits per heavy atom. The van der Waals surface area contributed by atoms with Gasteiger partial charge in [0.1, 0.15) is 0 Å². The van der Waals surface area contributed by atoms with Crippen LogP contribution in [0.5, 0.6) is 0 Å². The molecule has 0 heterocycles. The quantitative estimate of drug-likeness (QED) is 0.470. The van der Waals surface area contributed by atoms with E-state index in [0.717, 1.165) is 18.8 Å². The fraction of sp³-hybridized carbons (Fsp3) is 0.588. The number of carbonyl (C=O) groups excluding carboxylic acids is 1. The number of hydrogen-bond acceptors (Lipinski definition) is 2. The highest BCUT2D eigenvalue weighted by atomic mass is 16.5. The second-order valence-electron chi connectivity index (χ2n) is 5.25. The van der Waals surface area contributed by atoms with E-state index in [1.807, 2.05) is 18.2 Å². The van der Waals surface area contributed by atoms with Crippen LogP contribution in [-0.4, -0.2) is 12.6 Å². The lowest BCUT2D eigenvalue weighted by Gasteiger charge is -2.11. The molecular formula is C17H26O2. The van der Waals surface area contributed by atoms with Gasteiger partial charge in [0.2, 0.25) is 0 Å². The van der Waals surface area contributed by atoms with E-state index in [-0.39, 0.29) is 5.97 Å². The highest BCUT2D eigenvalue weighted by molar-refractivity contribution is 5.89. The molecule has 0 bridgehead atoms. The second-order valence-corrected chi connectivity index (χ2v) is 5.25. The summed E-state index contributed by atoms with van der Waals surface area (Å²) in [4.78, 5) is 11.7. The van der Waals surface area contributed by atoms with Gasteiger partial charge in [0.05, 0.1) is 12.2 Å². The molecular weight excluding hydrogens is 236 g/mol. The van der Waals surface area contributed by atoms with Gasteiger partial charge in [-0.1, -0.05) is 57.7 Å². The van der Waals surface area contributed by atoms with Gasteiger partial charge in [-0.25, -0.2) is 4.79 Å². The van der Waals surface area contributed by atoms with E-state index in [1.54, 1.807) is 12.1 Å². The predicted molar refractivity (Wildman–Crippen MR) is 79.3 cm³/mol. The van der Waals surface area contributed by atoms with Crippen LogP contribution in [0, 0.1) is 5.92 Å². The van der Waals surface area contributed by atoms with E-state index < -0.39 is 0 Å². The SMILES string of the molecule is CCCCCC(C)CCCOC(=O)c1ccccc1. The van der Waals surface area contributed by atoms with Crippen molar-refractivity contribution in [3.8, 4) is 0 Å². The fourth-order valence-electron chi connectivity index (χ4n) is 2.14. The van der Waals surface area contributed by atoms with Crippen molar-refractivity contribution in [3.05, 3.63) is 35.9 Å². The van der Waals surface area contributed by atoms with Crippen LogP contribution in [0.4, 0.5) is 0 Å². The van der Waals surface area contributed by atoms with Gasteiger partial charge in [-0.15, -0.1) is 0 Å². The summed E-state index contributed by atoms with van der Waals surface area (Å²) in [6.07, 6.45) is 7.33. The minimum Gasteiger partial charge on any atom is -0.462 e. The Morgan fingerprint density at radius 2 is 1.79 bits per heavy atom. The zero-order valence-electron chi connectivity index (χ0n) is 12.2. The molecule has 1 aromatic carbocycles. The smallest absolute Gasteiger partial charge is 0.338 e. The Morgan fingerprint density at radius 3 is 2.47 bits per heavy atom. The molecule has 1 rings (SSSR count). The molecule has 0 aromatic heterocycles. The molecule has 2 heteroatoms. The minimum atomic E-state index is -0.209. The van der Waals surface area contributed by atoms with E-state index in [9.17, 15) is 4.79 Å². The van der Waals surface area contributed by atoms with Gasteiger partial charge in [-0.2, -0.15) is 0 Å². The zero-order chi connectivity index (χ0) is 13.9. The molecule has 0 saturated heterocycles. The number of carbonyl (C=O) groups is 1. The maximum atomic E-state index is 11.7. The molecule has 0 aliphatic carbocycles. The van der Waals surface area contributed by atoms with Crippen molar-refractivity contribution in [2.24, 2.45) is 5.92 Å². The third kappa shape index (κ3) is 7.00. The molecule has 0 radical (unpaired) electrons. The van der Waals surface area contributed by atoms with E-state index in [4.69, 9.17) is 4.74 Å². The van der Waals surface area contributed by atoms with Crippen molar-refractivity contribution in [2.45, 2.75) is 52.4 Å². The van der Waals surface area contributed by atoms with Gasteiger partial charge in [0.25, 0.3) is 0 Å². The average Bonchev–Trinajstić information content (AvgIpc) is 2.44. The van der Waals surface area contributed by atoms with E-state index in [2.05, 4.69) is 13.8 Å². The monoisotopic (exact) mass is 262 g/mol. The molecule has 0 aliphatic rings. The Bertz CT molecular complexity index is 346. The second kappa shape index (κ2) is 9.60. The molecule has 1 aromatic rings. The van der Waals surface area contributed by atoms with Crippen molar-refractivity contribution in [3.63, 3.8) is 0 Å². The van der Waals surface area contributed by atoms with E-state index in [1.165, 1.54) is 25.7 Å². The highest BCUT2D eigenvalue weighted by Crippen LogP contribution is 2.15. The van der Waals surface area contributed by atoms with Crippen LogP contribution in [0.25, 0.3) is 0 Å². The van der Waals surface area contributed by atoms with Crippen molar-refractivity contribution in [2.75, 3.05) is 6.61 Å². The molecule has 0 saturated carbocycles. The Kier molecular flexibility index (Phi) is 7.95. The van der Waals surface area contributed by atoms with Gasteiger partial charge in [0, 0.05) is 0 Å². The molecule has 0 fully saturated rings. The van der Waals surface area contributed by atoms with Crippen LogP contribution >= 0.6 is 0 Å². The lowest BCUT2D eigenvalue weighted by atomic mass is 9.98. The van der Waals surface area contributed by atoms with Crippen LogP contribution in [0.1, 0.15) is 62.7 Å². The first-order valence-corrected chi connectivity index (χ1v) is 7.46. The number of unbranched alkanes of at least 4 members (excludes halogenated alkanes) is 2. The lowest BCUT2D eigenvalue weighted by molar-refractivity contribution is 0.0493. The summed E-state index contributed by atoms with van der Waals surface area (Å²) in [5, 5.41) is 0. The molecule has 19 heavy (non-hydrogen) atoms. The van der Waals surface area contributed by atoms with Crippen LogP contribution in [0.2, 0.25) is 0 Å². The van der Waals surface area contributed by atoms with Gasteiger partial charge in [-0.3, -0.25) is 0 Å². The maximum absolute atomic E-state index is 11.7. The minimum absolute atomic E-state index is 0.209. The zero-order valence-corrected chi connectivity index (χ0v) is 12.2. The first kappa shape index (κ1) is 15.7. The third-order valence-electron chi connectivity index (χ3n) is 3.38. The maximum Gasteiger partial charge on any atom is 0.338 e. The van der Waals surface area contributed by atoms with Crippen molar-refractivity contribution in [1.29, 1.82) is 0 Å². The predicted octanol–water partition coefficient (Wildman–Crippen LogP) is 4.84. The summed E-state index contributed by atoms with van der Waals surface area (Å²) in [6, 6.07) is 9.18. The van der Waals surface area contributed by atoms with Crippen molar-refractivity contribution >= 4 is 5.97 Å². The van der Waals surface area contributed by atoms with Gasteiger partial charge in [-0.05, 0) is 30.9 Å². The Labute approximate surface area is 117 Å². The Hall–Kier alpha value is -1.31. The van der Waals surface area contributed by atoms with E-state index >= 15 is 0 Å². The number of hydrogen-bond donors (Lipinski definition) is 0.